The lowest BCUT2D eigenvalue weighted by Crippen LogP contribution is -2.11. The number of benzene rings is 1. The SMILES string of the molecule is Cc1nc(CNc2ccc(C(F)(F)F)cc2C(=O)O)no1. The minimum Gasteiger partial charge on any atom is -0.478 e. The molecule has 0 spiro atoms. The van der Waals surface area contributed by atoms with E-state index in [2.05, 4.69) is 15.5 Å². The maximum absolute atomic E-state index is 12.6. The molecule has 1 heterocycles. The third-order valence-corrected chi connectivity index (χ3v) is 2.58. The lowest BCUT2D eigenvalue weighted by molar-refractivity contribution is -0.137. The number of nitrogens with zero attached hydrogens (tertiary/aromatic N) is 2. The zero-order chi connectivity index (χ0) is 15.6. The van der Waals surface area contributed by atoms with E-state index < -0.39 is 23.3 Å². The summed E-state index contributed by atoms with van der Waals surface area (Å²) in [4.78, 5) is 14.9. The molecule has 0 saturated heterocycles. The monoisotopic (exact) mass is 301 g/mol. The molecule has 1 aromatic heterocycles. The van der Waals surface area contributed by atoms with Crippen LogP contribution in [-0.4, -0.2) is 21.2 Å². The maximum Gasteiger partial charge on any atom is 0.416 e. The van der Waals surface area contributed by atoms with Gasteiger partial charge in [-0.2, -0.15) is 18.2 Å². The summed E-state index contributed by atoms with van der Waals surface area (Å²) in [5.41, 5.74) is -1.47. The molecule has 21 heavy (non-hydrogen) atoms. The Morgan fingerprint density at radius 3 is 2.67 bits per heavy atom. The number of aromatic carboxylic acids is 1. The molecule has 0 aliphatic heterocycles. The summed E-state index contributed by atoms with van der Waals surface area (Å²) < 4.78 is 42.4. The highest BCUT2D eigenvalue weighted by atomic mass is 19.4. The third kappa shape index (κ3) is 3.50. The minimum atomic E-state index is -4.60. The number of nitrogens with one attached hydrogen (secondary N) is 1. The average Bonchev–Trinajstić information content (AvgIpc) is 2.80. The Bertz CT molecular complexity index is 667. The van der Waals surface area contributed by atoms with Gasteiger partial charge in [-0.25, -0.2) is 4.79 Å². The molecule has 1 aromatic carbocycles. The van der Waals surface area contributed by atoms with Gasteiger partial charge in [0.15, 0.2) is 5.82 Å². The van der Waals surface area contributed by atoms with Gasteiger partial charge in [0.05, 0.1) is 17.7 Å². The number of carboxylic acids is 1. The van der Waals surface area contributed by atoms with Crippen LogP contribution < -0.4 is 5.32 Å². The number of rotatable bonds is 4. The van der Waals surface area contributed by atoms with Gasteiger partial charge in [0, 0.05) is 12.6 Å². The number of aryl methyl sites for hydroxylation is 1. The van der Waals surface area contributed by atoms with Crippen molar-refractivity contribution in [3.05, 3.63) is 41.0 Å². The molecule has 2 aromatic rings. The summed E-state index contributed by atoms with van der Waals surface area (Å²) in [6, 6.07) is 2.43. The van der Waals surface area contributed by atoms with E-state index >= 15 is 0 Å². The highest BCUT2D eigenvalue weighted by Gasteiger charge is 2.31. The van der Waals surface area contributed by atoms with Gasteiger partial charge in [-0.3, -0.25) is 0 Å². The van der Waals surface area contributed by atoms with Crippen molar-refractivity contribution in [2.24, 2.45) is 0 Å². The number of carbonyl (C=O) groups is 1. The second kappa shape index (κ2) is 5.43. The van der Waals surface area contributed by atoms with Crippen LogP contribution >= 0.6 is 0 Å². The van der Waals surface area contributed by atoms with E-state index in [1.807, 2.05) is 0 Å². The Morgan fingerprint density at radius 2 is 2.14 bits per heavy atom. The molecule has 0 unspecified atom stereocenters. The highest BCUT2D eigenvalue weighted by molar-refractivity contribution is 5.94. The molecular weight excluding hydrogens is 291 g/mol. The van der Waals surface area contributed by atoms with E-state index in [0.717, 1.165) is 12.1 Å². The molecule has 2 rings (SSSR count). The second-order valence-corrected chi connectivity index (χ2v) is 4.15. The first-order valence-electron chi connectivity index (χ1n) is 5.75. The van der Waals surface area contributed by atoms with Crippen molar-refractivity contribution in [2.45, 2.75) is 19.6 Å². The molecule has 2 N–H and O–H groups in total. The smallest absolute Gasteiger partial charge is 0.416 e. The van der Waals surface area contributed by atoms with Crippen molar-refractivity contribution in [2.75, 3.05) is 5.32 Å². The van der Waals surface area contributed by atoms with Crippen molar-refractivity contribution in [1.82, 2.24) is 10.1 Å². The van der Waals surface area contributed by atoms with E-state index in [0.29, 0.717) is 12.0 Å². The first-order valence-corrected chi connectivity index (χ1v) is 5.75. The number of carboxylic acid groups (broad SMARTS) is 1. The van der Waals surface area contributed by atoms with E-state index in [-0.39, 0.29) is 18.1 Å². The van der Waals surface area contributed by atoms with Gasteiger partial charge in [0.25, 0.3) is 0 Å². The number of anilines is 1. The van der Waals surface area contributed by atoms with Crippen LogP contribution in [0.3, 0.4) is 0 Å². The first-order chi connectivity index (χ1) is 9.77. The van der Waals surface area contributed by atoms with Crippen LogP contribution in [0.1, 0.15) is 27.6 Å². The van der Waals surface area contributed by atoms with E-state index in [4.69, 9.17) is 9.63 Å². The Labute approximate surface area is 116 Å². The number of hydrogen-bond donors (Lipinski definition) is 2. The van der Waals surface area contributed by atoms with Gasteiger partial charge in [-0.1, -0.05) is 5.16 Å². The fourth-order valence-electron chi connectivity index (χ4n) is 1.64. The standard InChI is InChI=1S/C12H10F3N3O3/c1-6-17-10(18-21-6)5-16-9-3-2-7(12(13,14)15)4-8(9)11(19)20/h2-4,16H,5H2,1H3,(H,19,20). The predicted molar refractivity (Wildman–Crippen MR) is 64.8 cm³/mol. The van der Waals surface area contributed by atoms with Gasteiger partial charge in [-0.05, 0) is 18.2 Å². The van der Waals surface area contributed by atoms with Gasteiger partial charge in [-0.15, -0.1) is 0 Å². The summed E-state index contributed by atoms with van der Waals surface area (Å²) >= 11 is 0. The van der Waals surface area contributed by atoms with Crippen LogP contribution in [0.25, 0.3) is 0 Å². The van der Waals surface area contributed by atoms with Crippen LogP contribution in [0.5, 0.6) is 0 Å². The zero-order valence-electron chi connectivity index (χ0n) is 10.7. The van der Waals surface area contributed by atoms with Gasteiger partial charge in [0.1, 0.15) is 0 Å². The Kier molecular flexibility index (Phi) is 3.83. The normalized spacial score (nSPS) is 11.4. The quantitative estimate of drug-likeness (QED) is 0.902. The average molecular weight is 301 g/mol. The molecule has 0 aliphatic carbocycles. The topological polar surface area (TPSA) is 88.2 Å². The van der Waals surface area contributed by atoms with Gasteiger partial charge in [0.2, 0.25) is 5.89 Å². The predicted octanol–water partition coefficient (Wildman–Crippen LogP) is 2.71. The fourth-order valence-corrected chi connectivity index (χ4v) is 1.64. The molecule has 0 bridgehead atoms. The van der Waals surface area contributed by atoms with Gasteiger partial charge >= 0.3 is 12.1 Å². The Hall–Kier alpha value is -2.58. The lowest BCUT2D eigenvalue weighted by Gasteiger charge is -2.12. The van der Waals surface area contributed by atoms with Crippen molar-refractivity contribution < 1.29 is 27.6 Å². The third-order valence-electron chi connectivity index (χ3n) is 2.58. The summed E-state index contributed by atoms with van der Waals surface area (Å²) in [6.07, 6.45) is -4.60. The van der Waals surface area contributed by atoms with Crippen LogP contribution in [0.15, 0.2) is 22.7 Å². The molecule has 9 heteroatoms. The second-order valence-electron chi connectivity index (χ2n) is 4.15. The Balaban J connectivity index is 2.24. The summed E-state index contributed by atoms with van der Waals surface area (Å²) in [5.74, 6) is -0.866. The van der Waals surface area contributed by atoms with Crippen molar-refractivity contribution >= 4 is 11.7 Å². The molecular formula is C12H10F3N3O3. The highest BCUT2D eigenvalue weighted by Crippen LogP contribution is 2.32. The minimum absolute atomic E-state index is 0.0307. The zero-order valence-corrected chi connectivity index (χ0v) is 10.7. The number of halogens is 3. The van der Waals surface area contributed by atoms with Crippen LogP contribution in [0, 0.1) is 6.92 Å². The Morgan fingerprint density at radius 1 is 1.43 bits per heavy atom. The summed E-state index contributed by atoms with van der Waals surface area (Å²) in [6.45, 7) is 1.61. The van der Waals surface area contributed by atoms with Crippen LogP contribution in [-0.2, 0) is 12.7 Å². The van der Waals surface area contributed by atoms with E-state index in [1.54, 1.807) is 6.92 Å². The van der Waals surface area contributed by atoms with E-state index in [9.17, 15) is 18.0 Å². The molecule has 0 saturated carbocycles. The van der Waals surface area contributed by atoms with Gasteiger partial charge < -0.3 is 14.9 Å². The summed E-state index contributed by atoms with van der Waals surface area (Å²) in [5, 5.41) is 15.3. The molecule has 0 aliphatic rings. The number of hydrogen-bond acceptors (Lipinski definition) is 5. The molecule has 6 nitrogen and oxygen atoms in total. The first kappa shape index (κ1) is 14.8. The van der Waals surface area contributed by atoms with Crippen LogP contribution in [0.4, 0.5) is 18.9 Å². The summed E-state index contributed by atoms with van der Waals surface area (Å²) in [7, 11) is 0. The largest absolute Gasteiger partial charge is 0.478 e. The maximum atomic E-state index is 12.6. The molecule has 0 radical (unpaired) electrons. The number of aromatic nitrogens is 2. The molecule has 0 fully saturated rings. The van der Waals surface area contributed by atoms with E-state index in [1.165, 1.54) is 0 Å². The fraction of sp³-hybridized carbons (Fsp3) is 0.250. The molecule has 0 amide bonds. The van der Waals surface area contributed by atoms with Crippen molar-refractivity contribution in [1.29, 1.82) is 0 Å². The number of alkyl halides is 3. The lowest BCUT2D eigenvalue weighted by atomic mass is 10.1. The van der Waals surface area contributed by atoms with Crippen LogP contribution in [0.2, 0.25) is 0 Å². The van der Waals surface area contributed by atoms with Crippen molar-refractivity contribution in [3.63, 3.8) is 0 Å². The van der Waals surface area contributed by atoms with Crippen molar-refractivity contribution in [3.8, 4) is 0 Å². The molecule has 112 valence electrons. The molecule has 0 atom stereocenters.